The van der Waals surface area contributed by atoms with Gasteiger partial charge in [0.25, 0.3) is 0 Å². The first kappa shape index (κ1) is 36.4. The molecule has 1 aromatic heterocycles. The molecule has 0 aliphatic heterocycles. The fraction of sp³-hybridized carbons (Fsp3) is 0.100. The number of fused-ring (bicyclic) bond motifs is 7. The maximum atomic E-state index is 5.21. The number of nitrogens with zero attached hydrogens (tertiary/aromatic N) is 2. The predicted molar refractivity (Wildman–Crippen MR) is 259 cm³/mol. The van der Waals surface area contributed by atoms with Gasteiger partial charge in [0.2, 0.25) is 0 Å². The lowest BCUT2D eigenvalue weighted by atomic mass is 9.67. The van der Waals surface area contributed by atoms with Crippen molar-refractivity contribution >= 4 is 21.5 Å². The Labute approximate surface area is 363 Å². The molecule has 12 rings (SSSR count). The Balaban J connectivity index is 0.976. The zero-order valence-electron chi connectivity index (χ0n) is 34.6. The average Bonchev–Trinajstić information content (AvgIpc) is 3.60. The van der Waals surface area contributed by atoms with Crippen molar-refractivity contribution in [3.8, 4) is 78.4 Å². The molecule has 294 valence electrons. The van der Waals surface area contributed by atoms with Gasteiger partial charge < -0.3 is 0 Å². The van der Waals surface area contributed by atoms with E-state index >= 15 is 0 Å². The maximum Gasteiger partial charge on any atom is 0.160 e. The summed E-state index contributed by atoms with van der Waals surface area (Å²) in [4.78, 5) is 10.3. The minimum atomic E-state index is 0.0754. The van der Waals surface area contributed by atoms with Gasteiger partial charge in [0, 0.05) is 22.1 Å². The molecule has 0 bridgehead atoms. The van der Waals surface area contributed by atoms with Crippen LogP contribution in [0.5, 0.6) is 0 Å². The van der Waals surface area contributed by atoms with Crippen LogP contribution in [0.25, 0.3) is 100.0 Å². The third kappa shape index (κ3) is 6.09. The van der Waals surface area contributed by atoms with E-state index in [0.29, 0.717) is 5.82 Å². The minimum absolute atomic E-state index is 0.0754. The molecule has 62 heavy (non-hydrogen) atoms. The Morgan fingerprint density at radius 1 is 0.323 bits per heavy atom. The topological polar surface area (TPSA) is 25.8 Å². The lowest BCUT2D eigenvalue weighted by Gasteiger charge is -2.36. The molecule has 2 aliphatic rings. The van der Waals surface area contributed by atoms with Crippen LogP contribution < -0.4 is 0 Å². The van der Waals surface area contributed by atoms with Crippen molar-refractivity contribution in [1.29, 1.82) is 0 Å². The molecule has 1 saturated carbocycles. The van der Waals surface area contributed by atoms with E-state index in [1.54, 1.807) is 0 Å². The zero-order chi connectivity index (χ0) is 41.0. The molecule has 9 aromatic carbocycles. The van der Waals surface area contributed by atoms with Crippen molar-refractivity contribution in [2.24, 2.45) is 0 Å². The monoisotopic (exact) mass is 792 g/mol. The summed E-state index contributed by atoms with van der Waals surface area (Å²) in [6, 6.07) is 75.3. The Bertz CT molecular complexity index is 3300. The van der Waals surface area contributed by atoms with E-state index in [-0.39, 0.29) is 5.41 Å². The van der Waals surface area contributed by atoms with Crippen molar-refractivity contribution in [1.82, 2.24) is 9.97 Å². The molecule has 0 saturated heterocycles. The Morgan fingerprint density at radius 3 is 1.65 bits per heavy atom. The molecule has 0 radical (unpaired) electrons. The van der Waals surface area contributed by atoms with Gasteiger partial charge in [-0.15, -0.1) is 0 Å². The van der Waals surface area contributed by atoms with E-state index < -0.39 is 0 Å². The van der Waals surface area contributed by atoms with Crippen molar-refractivity contribution < 1.29 is 0 Å². The second-order valence-corrected chi connectivity index (χ2v) is 17.2. The summed E-state index contributed by atoms with van der Waals surface area (Å²) in [5, 5.41) is 5.17. The lowest BCUT2D eigenvalue weighted by molar-refractivity contribution is 0.353. The van der Waals surface area contributed by atoms with Crippen LogP contribution in [0, 0.1) is 0 Å². The highest BCUT2D eigenvalue weighted by Crippen LogP contribution is 2.59. The van der Waals surface area contributed by atoms with Crippen LogP contribution in [0.15, 0.2) is 206 Å². The van der Waals surface area contributed by atoms with Crippen LogP contribution >= 0.6 is 0 Å². The fourth-order valence-corrected chi connectivity index (χ4v) is 10.7. The van der Waals surface area contributed by atoms with Crippen LogP contribution in [0.3, 0.4) is 0 Å². The number of aromatic nitrogens is 2. The Hall–Kier alpha value is -7.42. The minimum Gasteiger partial charge on any atom is -0.228 e. The molecular weight excluding hydrogens is 749 g/mol. The van der Waals surface area contributed by atoms with Crippen molar-refractivity contribution in [3.63, 3.8) is 0 Å². The Kier molecular flexibility index (Phi) is 8.78. The van der Waals surface area contributed by atoms with E-state index in [0.717, 1.165) is 33.6 Å². The highest BCUT2D eigenvalue weighted by molar-refractivity contribution is 6.09. The van der Waals surface area contributed by atoms with E-state index in [1.165, 1.54) is 104 Å². The Morgan fingerprint density at radius 2 is 0.887 bits per heavy atom. The van der Waals surface area contributed by atoms with Gasteiger partial charge in [-0.3, -0.25) is 0 Å². The van der Waals surface area contributed by atoms with Gasteiger partial charge in [-0.2, -0.15) is 0 Å². The summed E-state index contributed by atoms with van der Waals surface area (Å²) in [5.41, 5.74) is 18.2. The van der Waals surface area contributed by atoms with Crippen LogP contribution in [-0.2, 0) is 5.41 Å². The summed E-state index contributed by atoms with van der Waals surface area (Å²) in [6.07, 6.45) is 6.30. The van der Waals surface area contributed by atoms with Crippen molar-refractivity contribution in [3.05, 3.63) is 217 Å². The SMILES string of the molecule is c1ccc(-c2ccc(-c3cc(-c4cccc(-c5ccc(-c6cccc7c6-c6cc8ccccc8cc6C76CCCCC6)c6ccccc56)c4)nc(-c4ccccc4)n3)cc2)cc1. The van der Waals surface area contributed by atoms with Crippen LogP contribution in [-0.4, -0.2) is 9.97 Å². The molecule has 2 nitrogen and oxygen atoms in total. The summed E-state index contributed by atoms with van der Waals surface area (Å²) >= 11 is 0. The van der Waals surface area contributed by atoms with Gasteiger partial charge in [0.05, 0.1) is 11.4 Å². The number of rotatable bonds is 6. The zero-order valence-corrected chi connectivity index (χ0v) is 34.6. The summed E-state index contributed by atoms with van der Waals surface area (Å²) in [7, 11) is 0. The van der Waals surface area contributed by atoms with Crippen LogP contribution in [0.1, 0.15) is 43.2 Å². The first-order valence-electron chi connectivity index (χ1n) is 22.1. The van der Waals surface area contributed by atoms with Crippen LogP contribution in [0.2, 0.25) is 0 Å². The maximum absolute atomic E-state index is 5.21. The number of benzene rings is 9. The third-order valence-corrected chi connectivity index (χ3v) is 13.7. The number of hydrogen-bond donors (Lipinski definition) is 0. The molecule has 0 N–H and O–H groups in total. The smallest absolute Gasteiger partial charge is 0.160 e. The number of hydrogen-bond acceptors (Lipinski definition) is 2. The van der Waals surface area contributed by atoms with Crippen molar-refractivity contribution in [2.45, 2.75) is 37.5 Å². The molecule has 0 atom stereocenters. The van der Waals surface area contributed by atoms with Gasteiger partial charge >= 0.3 is 0 Å². The molecule has 1 fully saturated rings. The largest absolute Gasteiger partial charge is 0.228 e. The molecule has 0 unspecified atom stereocenters. The van der Waals surface area contributed by atoms with Gasteiger partial charge in [-0.05, 0) is 114 Å². The standard InChI is InChI=1S/C60H44N2/c1-4-16-40(17-5-1)41-28-30-42(31-29-41)56-39-57(62-59(61-56)43-18-6-2-7-19-43)47-23-14-22-46(36-47)48-32-33-51(50-25-11-10-24-49(48)50)52-26-15-27-54-58(52)53-37-44-20-8-9-21-45(44)38-55(53)60(54)34-12-3-13-35-60/h1-2,4-11,14-33,36-39H,3,12-13,34-35H2. The van der Waals surface area contributed by atoms with E-state index in [4.69, 9.17) is 9.97 Å². The molecule has 2 aliphatic carbocycles. The second kappa shape index (κ2) is 14.9. The summed E-state index contributed by atoms with van der Waals surface area (Å²) < 4.78 is 0. The third-order valence-electron chi connectivity index (χ3n) is 13.7. The van der Waals surface area contributed by atoms with E-state index in [2.05, 4.69) is 188 Å². The summed E-state index contributed by atoms with van der Waals surface area (Å²) in [5.74, 6) is 0.713. The van der Waals surface area contributed by atoms with Gasteiger partial charge in [0.15, 0.2) is 5.82 Å². The van der Waals surface area contributed by atoms with Crippen molar-refractivity contribution in [2.75, 3.05) is 0 Å². The molecule has 2 heteroatoms. The molecule has 0 amide bonds. The van der Waals surface area contributed by atoms with E-state index in [9.17, 15) is 0 Å². The van der Waals surface area contributed by atoms with Gasteiger partial charge in [-0.25, -0.2) is 9.97 Å². The van der Waals surface area contributed by atoms with Gasteiger partial charge in [-0.1, -0.05) is 201 Å². The lowest BCUT2D eigenvalue weighted by Crippen LogP contribution is -2.28. The quantitative estimate of drug-likeness (QED) is 0.168. The van der Waals surface area contributed by atoms with Crippen LogP contribution in [0.4, 0.5) is 0 Å². The first-order valence-corrected chi connectivity index (χ1v) is 22.1. The molecule has 1 spiro atoms. The molecular formula is C60H44N2. The summed E-state index contributed by atoms with van der Waals surface area (Å²) in [6.45, 7) is 0. The first-order chi connectivity index (χ1) is 30.7. The average molecular weight is 793 g/mol. The molecule has 1 heterocycles. The second-order valence-electron chi connectivity index (χ2n) is 17.2. The normalized spacial score (nSPS) is 13.9. The van der Waals surface area contributed by atoms with E-state index in [1.807, 2.05) is 18.2 Å². The molecule has 10 aromatic rings. The highest BCUT2D eigenvalue weighted by atomic mass is 14.9. The van der Waals surface area contributed by atoms with Gasteiger partial charge in [0.1, 0.15) is 0 Å². The fourth-order valence-electron chi connectivity index (χ4n) is 10.7. The highest BCUT2D eigenvalue weighted by Gasteiger charge is 2.44. The predicted octanol–water partition coefficient (Wildman–Crippen LogP) is 16.0.